The number of aromatic nitrogens is 1. The number of benzene rings is 1. The van der Waals surface area contributed by atoms with E-state index in [0.29, 0.717) is 33.3 Å². The van der Waals surface area contributed by atoms with Gasteiger partial charge in [0.2, 0.25) is 15.9 Å². The van der Waals surface area contributed by atoms with E-state index in [-0.39, 0.29) is 29.4 Å². The number of Topliss-reactive ketones (excluding diaryl/α,β-unsaturated/α-hetero) is 1. The molecular formula is C20H21N3O4S3. The molecule has 1 aromatic carbocycles. The average Bonchev–Trinajstić information content (AvgIpc) is 3.45. The second kappa shape index (κ2) is 8.54. The highest BCUT2D eigenvalue weighted by Crippen LogP contribution is 2.30. The number of rotatable bonds is 7. The third-order valence-electron chi connectivity index (χ3n) is 4.90. The van der Waals surface area contributed by atoms with E-state index in [1.807, 2.05) is 13.0 Å². The highest BCUT2D eigenvalue weighted by atomic mass is 32.2. The predicted octanol–water partition coefficient (Wildman–Crippen LogP) is 4.05. The van der Waals surface area contributed by atoms with Gasteiger partial charge in [-0.2, -0.15) is 4.31 Å². The fourth-order valence-corrected chi connectivity index (χ4v) is 6.69. The van der Waals surface area contributed by atoms with Crippen LogP contribution in [0.2, 0.25) is 0 Å². The van der Waals surface area contributed by atoms with Gasteiger partial charge in [-0.15, -0.1) is 11.3 Å². The number of thiazole rings is 1. The molecule has 0 atom stereocenters. The molecule has 3 aromatic rings. The van der Waals surface area contributed by atoms with Crippen LogP contribution in [0.25, 0.3) is 10.2 Å². The van der Waals surface area contributed by atoms with E-state index in [4.69, 9.17) is 0 Å². The van der Waals surface area contributed by atoms with Crippen LogP contribution in [-0.4, -0.2) is 42.5 Å². The van der Waals surface area contributed by atoms with E-state index in [2.05, 4.69) is 10.3 Å². The van der Waals surface area contributed by atoms with Crippen LogP contribution >= 0.6 is 22.7 Å². The summed E-state index contributed by atoms with van der Waals surface area (Å²) >= 11 is 2.65. The Balaban J connectivity index is 1.42. The Hall–Kier alpha value is -2.14. The number of anilines is 1. The number of sulfonamides is 1. The minimum atomic E-state index is -3.50. The Morgan fingerprint density at radius 2 is 1.87 bits per heavy atom. The number of amides is 1. The summed E-state index contributed by atoms with van der Waals surface area (Å²) in [6.07, 6.45) is 1.97. The normalized spacial score (nSPS) is 15.0. The van der Waals surface area contributed by atoms with Crippen LogP contribution in [-0.2, 0) is 14.8 Å². The number of aryl methyl sites for hydroxylation is 1. The van der Waals surface area contributed by atoms with E-state index < -0.39 is 10.0 Å². The highest BCUT2D eigenvalue weighted by molar-refractivity contribution is 7.89. The maximum Gasteiger partial charge on any atom is 0.243 e. The SMILES string of the molecule is Cc1ccc(C(=O)CCC(=O)Nc2nc3ccc(S(=O)(=O)N4CCCC4)cc3s2)s1. The van der Waals surface area contributed by atoms with Crippen molar-refractivity contribution in [2.45, 2.75) is 37.5 Å². The molecule has 1 saturated heterocycles. The number of hydrogen-bond donors (Lipinski definition) is 1. The maximum absolute atomic E-state index is 12.7. The molecule has 1 aliphatic rings. The van der Waals surface area contributed by atoms with E-state index >= 15 is 0 Å². The van der Waals surface area contributed by atoms with Gasteiger partial charge in [0, 0.05) is 30.8 Å². The van der Waals surface area contributed by atoms with Crippen LogP contribution in [0, 0.1) is 6.92 Å². The number of ketones is 1. The van der Waals surface area contributed by atoms with Crippen LogP contribution in [0.1, 0.15) is 40.2 Å². The molecule has 158 valence electrons. The lowest BCUT2D eigenvalue weighted by Gasteiger charge is -2.15. The molecule has 1 aliphatic heterocycles. The second-order valence-electron chi connectivity index (χ2n) is 7.14. The molecule has 10 heteroatoms. The molecule has 0 aliphatic carbocycles. The fourth-order valence-electron chi connectivity index (χ4n) is 3.31. The molecule has 0 unspecified atom stereocenters. The van der Waals surface area contributed by atoms with Gasteiger partial charge in [0.25, 0.3) is 0 Å². The number of thiophene rings is 1. The summed E-state index contributed by atoms with van der Waals surface area (Å²) in [7, 11) is -3.50. The highest BCUT2D eigenvalue weighted by Gasteiger charge is 2.27. The van der Waals surface area contributed by atoms with Crippen LogP contribution in [0.15, 0.2) is 35.2 Å². The molecule has 2 aromatic heterocycles. The summed E-state index contributed by atoms with van der Waals surface area (Å²) in [6.45, 7) is 3.03. The minimum Gasteiger partial charge on any atom is -0.302 e. The third-order valence-corrected chi connectivity index (χ3v) is 8.77. The van der Waals surface area contributed by atoms with Gasteiger partial charge in [0.1, 0.15) is 0 Å². The van der Waals surface area contributed by atoms with Crippen LogP contribution in [0.5, 0.6) is 0 Å². The number of nitrogens with one attached hydrogen (secondary N) is 1. The Bertz CT molecular complexity index is 1210. The topological polar surface area (TPSA) is 96.4 Å². The molecule has 0 saturated carbocycles. The maximum atomic E-state index is 12.7. The second-order valence-corrected chi connectivity index (χ2v) is 11.4. The Morgan fingerprint density at radius 3 is 2.57 bits per heavy atom. The van der Waals surface area contributed by atoms with Gasteiger partial charge in [-0.1, -0.05) is 11.3 Å². The van der Waals surface area contributed by atoms with E-state index in [1.165, 1.54) is 27.0 Å². The fraction of sp³-hybridized carbons (Fsp3) is 0.350. The average molecular weight is 464 g/mol. The summed E-state index contributed by atoms with van der Waals surface area (Å²) in [4.78, 5) is 30.7. The standard InChI is InChI=1S/C20H21N3O4S3/c1-13-4-8-17(28-13)16(24)7-9-19(25)22-20-21-15-6-5-14(12-18(15)29-20)30(26,27)23-10-2-3-11-23/h4-6,8,12H,2-3,7,9-11H2,1H3,(H,21,22,25). The molecule has 1 N–H and O–H groups in total. The van der Waals surface area contributed by atoms with Crippen molar-refractivity contribution in [2.24, 2.45) is 0 Å². The Labute approximate surface area is 182 Å². The molecule has 0 radical (unpaired) electrons. The predicted molar refractivity (Wildman–Crippen MR) is 119 cm³/mol. The van der Waals surface area contributed by atoms with Gasteiger partial charge in [0.05, 0.1) is 20.0 Å². The Kier molecular flexibility index (Phi) is 6.01. The quantitative estimate of drug-likeness (QED) is 0.533. The number of carbonyl (C=O) groups is 2. The van der Waals surface area contributed by atoms with Gasteiger partial charge in [-0.3, -0.25) is 9.59 Å². The van der Waals surface area contributed by atoms with Gasteiger partial charge in [-0.25, -0.2) is 13.4 Å². The number of hydrogen-bond acceptors (Lipinski definition) is 7. The monoisotopic (exact) mass is 463 g/mol. The lowest BCUT2D eigenvalue weighted by Crippen LogP contribution is -2.27. The summed E-state index contributed by atoms with van der Waals surface area (Å²) in [6, 6.07) is 8.49. The summed E-state index contributed by atoms with van der Waals surface area (Å²) in [5.41, 5.74) is 0.626. The molecule has 3 heterocycles. The molecule has 1 fully saturated rings. The summed E-state index contributed by atoms with van der Waals surface area (Å²) in [5.74, 6) is -0.343. The number of carbonyl (C=O) groups excluding carboxylic acids is 2. The number of fused-ring (bicyclic) bond motifs is 1. The van der Waals surface area contributed by atoms with Crippen LogP contribution < -0.4 is 5.32 Å². The first-order valence-electron chi connectivity index (χ1n) is 9.63. The summed E-state index contributed by atoms with van der Waals surface area (Å²) < 4.78 is 27.7. The van der Waals surface area contributed by atoms with Crippen molar-refractivity contribution in [3.63, 3.8) is 0 Å². The molecule has 7 nitrogen and oxygen atoms in total. The van der Waals surface area contributed by atoms with Gasteiger partial charge >= 0.3 is 0 Å². The van der Waals surface area contributed by atoms with Crippen LogP contribution in [0.4, 0.5) is 5.13 Å². The van der Waals surface area contributed by atoms with Crippen molar-refractivity contribution in [3.8, 4) is 0 Å². The van der Waals surface area contributed by atoms with Gasteiger partial charge in [-0.05, 0) is 50.1 Å². The lowest BCUT2D eigenvalue weighted by atomic mass is 10.2. The molecule has 4 rings (SSSR count). The zero-order valence-electron chi connectivity index (χ0n) is 16.4. The lowest BCUT2D eigenvalue weighted by molar-refractivity contribution is -0.116. The molecule has 0 spiro atoms. The van der Waals surface area contributed by atoms with E-state index in [1.54, 1.807) is 24.3 Å². The largest absolute Gasteiger partial charge is 0.302 e. The van der Waals surface area contributed by atoms with Crippen molar-refractivity contribution in [2.75, 3.05) is 18.4 Å². The first kappa shape index (κ1) is 21.1. The first-order valence-corrected chi connectivity index (χ1v) is 12.7. The van der Waals surface area contributed by atoms with Crippen molar-refractivity contribution in [3.05, 3.63) is 40.1 Å². The molecular weight excluding hydrogens is 442 g/mol. The number of nitrogens with zero attached hydrogens (tertiary/aromatic N) is 2. The smallest absolute Gasteiger partial charge is 0.243 e. The van der Waals surface area contributed by atoms with Gasteiger partial charge in [0.15, 0.2) is 10.9 Å². The van der Waals surface area contributed by atoms with Crippen molar-refractivity contribution >= 4 is 59.7 Å². The first-order chi connectivity index (χ1) is 14.3. The van der Waals surface area contributed by atoms with Crippen molar-refractivity contribution in [1.82, 2.24) is 9.29 Å². The van der Waals surface area contributed by atoms with E-state index in [0.717, 1.165) is 17.7 Å². The summed E-state index contributed by atoms with van der Waals surface area (Å²) in [5, 5.41) is 3.11. The zero-order chi connectivity index (χ0) is 21.3. The third kappa shape index (κ3) is 4.46. The molecule has 0 bridgehead atoms. The van der Waals surface area contributed by atoms with Gasteiger partial charge < -0.3 is 5.32 Å². The van der Waals surface area contributed by atoms with Crippen LogP contribution in [0.3, 0.4) is 0 Å². The van der Waals surface area contributed by atoms with Crippen molar-refractivity contribution in [1.29, 1.82) is 0 Å². The van der Waals surface area contributed by atoms with Crippen molar-refractivity contribution < 1.29 is 18.0 Å². The minimum absolute atomic E-state index is 0.0516. The molecule has 1 amide bonds. The molecule has 30 heavy (non-hydrogen) atoms. The van der Waals surface area contributed by atoms with E-state index in [9.17, 15) is 18.0 Å². The zero-order valence-corrected chi connectivity index (χ0v) is 18.8. The Morgan fingerprint density at radius 1 is 1.10 bits per heavy atom.